The summed E-state index contributed by atoms with van der Waals surface area (Å²) in [6.45, 7) is 7.70. The fourth-order valence-electron chi connectivity index (χ4n) is 2.28. The van der Waals surface area contributed by atoms with Gasteiger partial charge in [0.25, 0.3) is 5.91 Å². The minimum absolute atomic E-state index is 0.183. The molecule has 1 saturated heterocycles. The van der Waals surface area contributed by atoms with E-state index in [9.17, 15) is 4.79 Å². The van der Waals surface area contributed by atoms with Crippen molar-refractivity contribution in [3.63, 3.8) is 0 Å². The largest absolute Gasteiger partial charge is 0.299 e. The van der Waals surface area contributed by atoms with Crippen LogP contribution in [0.5, 0.6) is 0 Å². The molecule has 2 heterocycles. The van der Waals surface area contributed by atoms with E-state index in [1.54, 1.807) is 0 Å². The first-order valence-corrected chi connectivity index (χ1v) is 7.19. The number of thiophene rings is 1. The number of piperidine rings is 1. The van der Waals surface area contributed by atoms with Gasteiger partial charge in [0.05, 0.1) is 4.88 Å². The van der Waals surface area contributed by atoms with E-state index in [0.29, 0.717) is 5.41 Å². The summed E-state index contributed by atoms with van der Waals surface area (Å²) in [7, 11) is 0. The van der Waals surface area contributed by atoms with Crippen LogP contribution in [-0.2, 0) is 6.54 Å². The third-order valence-corrected chi connectivity index (χ3v) is 4.64. The second-order valence-corrected chi connectivity index (χ2v) is 6.60. The lowest BCUT2D eigenvalue weighted by molar-refractivity contribution is 0.0952. The van der Waals surface area contributed by atoms with Gasteiger partial charge in [-0.05, 0) is 48.4 Å². The van der Waals surface area contributed by atoms with Gasteiger partial charge in [-0.2, -0.15) is 0 Å². The van der Waals surface area contributed by atoms with E-state index in [1.165, 1.54) is 24.2 Å². The molecule has 0 aliphatic carbocycles. The number of amides is 1. The molecular formula is C13H21N3OS. The van der Waals surface area contributed by atoms with Crippen molar-refractivity contribution >= 4 is 17.2 Å². The summed E-state index contributed by atoms with van der Waals surface area (Å²) in [5, 5.41) is 1.95. The van der Waals surface area contributed by atoms with Crippen LogP contribution >= 0.6 is 11.3 Å². The zero-order valence-electron chi connectivity index (χ0n) is 11.0. The maximum absolute atomic E-state index is 11.6. The van der Waals surface area contributed by atoms with E-state index >= 15 is 0 Å². The summed E-state index contributed by atoms with van der Waals surface area (Å²) < 4.78 is 0. The normalized spacial score (nSPS) is 19.7. The zero-order chi connectivity index (χ0) is 13.2. The van der Waals surface area contributed by atoms with E-state index in [2.05, 4.69) is 24.2 Å². The topological polar surface area (TPSA) is 58.4 Å². The van der Waals surface area contributed by atoms with E-state index in [1.807, 2.05) is 11.4 Å². The second-order valence-electron chi connectivity index (χ2n) is 5.69. The number of nitrogens with zero attached hydrogens (tertiary/aromatic N) is 1. The Morgan fingerprint density at radius 1 is 1.50 bits per heavy atom. The van der Waals surface area contributed by atoms with Crippen LogP contribution in [0.3, 0.4) is 0 Å². The molecule has 1 amide bonds. The summed E-state index contributed by atoms with van der Waals surface area (Å²) in [6.07, 6.45) is 2.44. The van der Waals surface area contributed by atoms with Crippen LogP contribution in [0.15, 0.2) is 11.4 Å². The van der Waals surface area contributed by atoms with Crippen LogP contribution in [0, 0.1) is 5.41 Å². The molecule has 1 aromatic rings. The van der Waals surface area contributed by atoms with Crippen molar-refractivity contribution in [2.24, 2.45) is 11.3 Å². The number of hydrogen-bond donors (Lipinski definition) is 2. The maximum atomic E-state index is 11.6. The van der Waals surface area contributed by atoms with Gasteiger partial charge in [-0.15, -0.1) is 11.3 Å². The van der Waals surface area contributed by atoms with Gasteiger partial charge in [0.2, 0.25) is 0 Å². The number of carbonyl (C=O) groups is 1. The fraction of sp³-hybridized carbons (Fsp3) is 0.615. The highest BCUT2D eigenvalue weighted by molar-refractivity contribution is 7.12. The summed E-state index contributed by atoms with van der Waals surface area (Å²) in [4.78, 5) is 14.8. The minimum atomic E-state index is -0.183. The van der Waals surface area contributed by atoms with Crippen molar-refractivity contribution in [2.45, 2.75) is 33.2 Å². The Kier molecular flexibility index (Phi) is 4.04. The number of hydrogen-bond acceptors (Lipinski definition) is 4. The Labute approximate surface area is 112 Å². The van der Waals surface area contributed by atoms with Crippen molar-refractivity contribution in [3.05, 3.63) is 21.9 Å². The van der Waals surface area contributed by atoms with Crippen LogP contribution < -0.4 is 11.3 Å². The molecule has 1 fully saturated rings. The summed E-state index contributed by atoms with van der Waals surface area (Å²) in [6, 6.07) is 2.02. The zero-order valence-corrected chi connectivity index (χ0v) is 11.8. The van der Waals surface area contributed by atoms with Crippen LogP contribution in [-0.4, -0.2) is 23.9 Å². The molecule has 4 nitrogen and oxygen atoms in total. The molecule has 18 heavy (non-hydrogen) atoms. The van der Waals surface area contributed by atoms with Gasteiger partial charge in [0, 0.05) is 6.54 Å². The lowest BCUT2D eigenvalue weighted by Crippen LogP contribution is -2.37. The van der Waals surface area contributed by atoms with Crippen molar-refractivity contribution in [2.75, 3.05) is 13.1 Å². The molecule has 0 saturated carbocycles. The van der Waals surface area contributed by atoms with Gasteiger partial charge >= 0.3 is 0 Å². The van der Waals surface area contributed by atoms with E-state index in [-0.39, 0.29) is 5.91 Å². The third kappa shape index (κ3) is 3.10. The third-order valence-electron chi connectivity index (χ3n) is 3.69. The molecule has 0 bridgehead atoms. The van der Waals surface area contributed by atoms with Crippen molar-refractivity contribution < 1.29 is 4.79 Å². The Morgan fingerprint density at radius 3 is 2.78 bits per heavy atom. The molecule has 3 N–H and O–H groups in total. The summed E-state index contributed by atoms with van der Waals surface area (Å²) in [5.41, 5.74) is 3.76. The van der Waals surface area contributed by atoms with Gasteiger partial charge < -0.3 is 0 Å². The van der Waals surface area contributed by atoms with E-state index in [4.69, 9.17) is 5.84 Å². The highest BCUT2D eigenvalue weighted by Crippen LogP contribution is 2.31. The standard InChI is InChI=1S/C13H21N3OS/c1-13(2)4-6-16(7-5-13)9-10-3-8-18-11(10)12(17)15-14/h3,8H,4-7,9,14H2,1-2H3,(H,15,17). The maximum Gasteiger partial charge on any atom is 0.275 e. The molecule has 0 unspecified atom stereocenters. The first-order chi connectivity index (χ1) is 8.52. The fourth-order valence-corrected chi connectivity index (χ4v) is 3.10. The molecule has 0 spiro atoms. The molecule has 100 valence electrons. The van der Waals surface area contributed by atoms with Gasteiger partial charge in [-0.25, -0.2) is 5.84 Å². The Morgan fingerprint density at radius 2 is 2.17 bits per heavy atom. The number of nitrogens with one attached hydrogen (secondary N) is 1. The van der Waals surface area contributed by atoms with Crippen LogP contribution in [0.25, 0.3) is 0 Å². The summed E-state index contributed by atoms with van der Waals surface area (Å²) in [5.74, 6) is 5.01. The van der Waals surface area contributed by atoms with Crippen molar-refractivity contribution in [3.8, 4) is 0 Å². The highest BCUT2D eigenvalue weighted by atomic mass is 32.1. The quantitative estimate of drug-likeness (QED) is 0.500. The highest BCUT2D eigenvalue weighted by Gasteiger charge is 2.26. The molecule has 0 atom stereocenters. The monoisotopic (exact) mass is 267 g/mol. The minimum Gasteiger partial charge on any atom is -0.299 e. The van der Waals surface area contributed by atoms with Crippen molar-refractivity contribution in [1.29, 1.82) is 0 Å². The van der Waals surface area contributed by atoms with Gasteiger partial charge in [-0.3, -0.25) is 15.1 Å². The smallest absolute Gasteiger partial charge is 0.275 e. The Balaban J connectivity index is 1.98. The predicted molar refractivity (Wildman–Crippen MR) is 74.3 cm³/mol. The molecule has 2 rings (SSSR count). The summed E-state index contributed by atoms with van der Waals surface area (Å²) >= 11 is 1.45. The predicted octanol–water partition coefficient (Wildman–Crippen LogP) is 1.97. The van der Waals surface area contributed by atoms with Crippen molar-refractivity contribution in [1.82, 2.24) is 10.3 Å². The van der Waals surface area contributed by atoms with Crippen LogP contribution in [0.4, 0.5) is 0 Å². The van der Waals surface area contributed by atoms with Gasteiger partial charge in [0.15, 0.2) is 0 Å². The molecule has 0 aromatic carbocycles. The lowest BCUT2D eigenvalue weighted by atomic mass is 9.82. The number of likely N-dealkylation sites (tertiary alicyclic amines) is 1. The van der Waals surface area contributed by atoms with E-state index < -0.39 is 0 Å². The molecule has 1 aromatic heterocycles. The Bertz CT molecular complexity index is 418. The van der Waals surface area contributed by atoms with Gasteiger partial charge in [0.1, 0.15) is 0 Å². The molecule has 1 aliphatic rings. The first kappa shape index (κ1) is 13.5. The average molecular weight is 267 g/mol. The number of carbonyl (C=O) groups excluding carboxylic acids is 1. The van der Waals surface area contributed by atoms with Crippen LogP contribution in [0.1, 0.15) is 41.9 Å². The number of nitrogens with two attached hydrogens (primary N) is 1. The SMILES string of the molecule is CC1(C)CCN(Cc2ccsc2C(=O)NN)CC1. The first-order valence-electron chi connectivity index (χ1n) is 6.31. The Hall–Kier alpha value is -0.910. The number of nitrogen functional groups attached to an aromatic ring is 1. The molecular weight excluding hydrogens is 246 g/mol. The van der Waals surface area contributed by atoms with Gasteiger partial charge in [-0.1, -0.05) is 13.8 Å². The molecule has 0 radical (unpaired) electrons. The van der Waals surface area contributed by atoms with E-state index in [0.717, 1.165) is 30.1 Å². The lowest BCUT2D eigenvalue weighted by Gasteiger charge is -2.36. The molecule has 5 heteroatoms. The van der Waals surface area contributed by atoms with Crippen LogP contribution in [0.2, 0.25) is 0 Å². The molecule has 1 aliphatic heterocycles. The average Bonchev–Trinajstić information content (AvgIpc) is 2.79. The number of hydrazine groups is 1. The number of rotatable bonds is 3. The second kappa shape index (κ2) is 5.38.